The Morgan fingerprint density at radius 1 is 0.917 bits per heavy atom. The van der Waals surface area contributed by atoms with Crippen LogP contribution in [-0.2, 0) is 23.9 Å². The van der Waals surface area contributed by atoms with E-state index in [0.717, 1.165) is 25.7 Å². The molecule has 24 heavy (non-hydrogen) atoms. The number of ketones is 1. The molecule has 138 valence electrons. The van der Waals surface area contributed by atoms with Crippen molar-refractivity contribution in [3.8, 4) is 0 Å². The Morgan fingerprint density at radius 2 is 1.54 bits per heavy atom. The zero-order chi connectivity index (χ0) is 17.8. The molecule has 1 saturated carbocycles. The van der Waals surface area contributed by atoms with Crippen LogP contribution in [0.1, 0.15) is 46.0 Å². The lowest BCUT2D eigenvalue weighted by molar-refractivity contribution is -0.123. The molecule has 0 aromatic carbocycles. The van der Waals surface area contributed by atoms with E-state index in [9.17, 15) is 14.4 Å². The van der Waals surface area contributed by atoms with Crippen molar-refractivity contribution in [1.29, 1.82) is 0 Å². The van der Waals surface area contributed by atoms with E-state index < -0.39 is 0 Å². The molecular formula is C17H30N2O5. The summed E-state index contributed by atoms with van der Waals surface area (Å²) in [5.74, 6) is 0.350. The van der Waals surface area contributed by atoms with Crippen molar-refractivity contribution in [3.05, 3.63) is 0 Å². The molecule has 1 aliphatic rings. The number of carbonyl (C=O) groups excluding carboxylic acids is 3. The van der Waals surface area contributed by atoms with Crippen LogP contribution in [0.25, 0.3) is 0 Å². The van der Waals surface area contributed by atoms with Crippen molar-refractivity contribution >= 4 is 17.6 Å². The third-order valence-corrected chi connectivity index (χ3v) is 4.13. The molecule has 0 aromatic heterocycles. The van der Waals surface area contributed by atoms with Gasteiger partial charge in [-0.1, -0.05) is 0 Å². The van der Waals surface area contributed by atoms with Crippen molar-refractivity contribution in [3.63, 3.8) is 0 Å². The lowest BCUT2D eigenvalue weighted by Crippen LogP contribution is -2.38. The number of rotatable bonds is 11. The number of nitrogens with one attached hydrogen (secondary N) is 2. The topological polar surface area (TPSA) is 93.7 Å². The van der Waals surface area contributed by atoms with E-state index >= 15 is 0 Å². The molecular weight excluding hydrogens is 312 g/mol. The second-order valence-corrected chi connectivity index (χ2v) is 6.18. The van der Waals surface area contributed by atoms with Gasteiger partial charge < -0.3 is 20.1 Å². The maximum absolute atomic E-state index is 11.8. The van der Waals surface area contributed by atoms with E-state index in [1.165, 1.54) is 6.92 Å². The summed E-state index contributed by atoms with van der Waals surface area (Å²) in [7, 11) is 0. The first-order valence-corrected chi connectivity index (χ1v) is 8.68. The second kappa shape index (κ2) is 12.0. The summed E-state index contributed by atoms with van der Waals surface area (Å²) >= 11 is 0. The Hall–Kier alpha value is -1.47. The summed E-state index contributed by atoms with van der Waals surface area (Å²) in [6.07, 6.45) is 3.82. The van der Waals surface area contributed by atoms with Crippen LogP contribution in [-0.4, -0.2) is 56.6 Å². The van der Waals surface area contributed by atoms with Gasteiger partial charge in [-0.15, -0.1) is 0 Å². The Kier molecular flexibility index (Phi) is 10.3. The van der Waals surface area contributed by atoms with Crippen LogP contribution in [0, 0.1) is 5.92 Å². The highest BCUT2D eigenvalue weighted by molar-refractivity contribution is 5.78. The first-order valence-electron chi connectivity index (χ1n) is 8.68. The van der Waals surface area contributed by atoms with Crippen molar-refractivity contribution in [2.45, 2.75) is 52.0 Å². The molecule has 2 N–H and O–H groups in total. The maximum atomic E-state index is 11.8. The van der Waals surface area contributed by atoms with Crippen molar-refractivity contribution in [2.24, 2.45) is 5.92 Å². The molecule has 0 heterocycles. The molecule has 1 fully saturated rings. The van der Waals surface area contributed by atoms with Crippen LogP contribution in [0.15, 0.2) is 0 Å². The van der Waals surface area contributed by atoms with Gasteiger partial charge in [-0.2, -0.15) is 0 Å². The average molecular weight is 342 g/mol. The summed E-state index contributed by atoms with van der Waals surface area (Å²) in [6.45, 7) is 5.28. The summed E-state index contributed by atoms with van der Waals surface area (Å²) in [6, 6.07) is 0.185. The molecule has 0 atom stereocenters. The predicted octanol–water partition coefficient (Wildman–Crippen LogP) is 0.810. The smallest absolute Gasteiger partial charge is 0.222 e. The summed E-state index contributed by atoms with van der Waals surface area (Å²) in [5.41, 5.74) is 0. The predicted molar refractivity (Wildman–Crippen MR) is 89.5 cm³/mol. The van der Waals surface area contributed by atoms with Crippen LogP contribution >= 0.6 is 0 Å². The summed E-state index contributed by atoms with van der Waals surface area (Å²) < 4.78 is 10.6. The largest absolute Gasteiger partial charge is 0.379 e. The quantitative estimate of drug-likeness (QED) is 0.542. The van der Waals surface area contributed by atoms with Gasteiger partial charge in [-0.3, -0.25) is 14.4 Å². The van der Waals surface area contributed by atoms with Crippen LogP contribution in [0.2, 0.25) is 0 Å². The molecule has 7 heteroatoms. The normalized spacial score (nSPS) is 20.4. The fraction of sp³-hybridized carbons (Fsp3) is 0.824. The summed E-state index contributed by atoms with van der Waals surface area (Å²) in [5, 5.41) is 5.64. The Morgan fingerprint density at radius 3 is 2.12 bits per heavy atom. The van der Waals surface area contributed by atoms with Crippen LogP contribution in [0.4, 0.5) is 0 Å². The molecule has 2 amide bonds. The van der Waals surface area contributed by atoms with Crippen LogP contribution < -0.4 is 10.6 Å². The van der Waals surface area contributed by atoms with Crippen molar-refractivity contribution in [1.82, 2.24) is 10.6 Å². The first kappa shape index (κ1) is 20.6. The lowest BCUT2D eigenvalue weighted by Gasteiger charge is -2.27. The van der Waals surface area contributed by atoms with Gasteiger partial charge in [0.25, 0.3) is 0 Å². The Balaban J connectivity index is 1.93. The molecule has 0 spiro atoms. The maximum Gasteiger partial charge on any atom is 0.222 e. The highest BCUT2D eigenvalue weighted by Crippen LogP contribution is 2.24. The molecule has 7 nitrogen and oxygen atoms in total. The minimum absolute atomic E-state index is 0.00662. The fourth-order valence-electron chi connectivity index (χ4n) is 2.73. The number of carbonyl (C=O) groups is 3. The molecule has 0 bridgehead atoms. The molecule has 0 aliphatic heterocycles. The monoisotopic (exact) mass is 342 g/mol. The number of hydrogen-bond donors (Lipinski definition) is 2. The van der Waals surface area contributed by atoms with E-state index in [1.807, 2.05) is 0 Å². The minimum atomic E-state index is -0.0735. The van der Waals surface area contributed by atoms with E-state index in [2.05, 4.69) is 10.6 Å². The van der Waals surface area contributed by atoms with Gasteiger partial charge in [0.05, 0.1) is 26.4 Å². The molecule has 0 unspecified atom stereocenters. The van der Waals surface area contributed by atoms with Gasteiger partial charge >= 0.3 is 0 Å². The highest BCUT2D eigenvalue weighted by Gasteiger charge is 2.24. The zero-order valence-electron chi connectivity index (χ0n) is 14.8. The standard InChI is InChI=1S/C17H30N2O5/c1-13(20)15-3-5-16(6-4-15)19-17(22)7-9-23-11-12-24-10-8-18-14(2)21/h15-16H,3-12H2,1-2H3,(H,18,21)(H,19,22). The minimum Gasteiger partial charge on any atom is -0.379 e. The first-order chi connectivity index (χ1) is 11.5. The SMILES string of the molecule is CC(=O)NCCOCCOCCC(=O)NC1CCC(C(C)=O)CC1. The zero-order valence-corrected chi connectivity index (χ0v) is 14.8. The molecule has 0 radical (unpaired) electrons. The Bertz CT molecular complexity index is 406. The molecule has 0 aromatic rings. The summed E-state index contributed by atoms with van der Waals surface area (Å²) in [4.78, 5) is 33.8. The molecule has 1 aliphatic carbocycles. The number of Topliss-reactive ketones (excluding diaryl/α,β-unsaturated/α-hetero) is 1. The van der Waals surface area contributed by atoms with E-state index in [1.54, 1.807) is 6.92 Å². The second-order valence-electron chi connectivity index (χ2n) is 6.18. The van der Waals surface area contributed by atoms with Crippen molar-refractivity contribution < 1.29 is 23.9 Å². The Labute approximate surface area is 143 Å². The van der Waals surface area contributed by atoms with Gasteiger partial charge in [0, 0.05) is 31.8 Å². The van der Waals surface area contributed by atoms with Crippen LogP contribution in [0.5, 0.6) is 0 Å². The molecule has 1 rings (SSSR count). The lowest BCUT2D eigenvalue weighted by atomic mass is 9.84. The average Bonchev–Trinajstić information content (AvgIpc) is 2.53. The molecule has 0 saturated heterocycles. The van der Waals surface area contributed by atoms with Crippen molar-refractivity contribution in [2.75, 3.05) is 33.0 Å². The van der Waals surface area contributed by atoms with Gasteiger partial charge in [0.1, 0.15) is 5.78 Å². The van der Waals surface area contributed by atoms with Gasteiger partial charge in [0.2, 0.25) is 11.8 Å². The van der Waals surface area contributed by atoms with E-state index in [0.29, 0.717) is 39.4 Å². The van der Waals surface area contributed by atoms with Gasteiger partial charge in [0.15, 0.2) is 0 Å². The van der Waals surface area contributed by atoms with Gasteiger partial charge in [-0.25, -0.2) is 0 Å². The number of hydrogen-bond acceptors (Lipinski definition) is 5. The van der Waals surface area contributed by atoms with Gasteiger partial charge in [-0.05, 0) is 32.6 Å². The third-order valence-electron chi connectivity index (χ3n) is 4.13. The van der Waals surface area contributed by atoms with Crippen LogP contribution in [0.3, 0.4) is 0 Å². The number of ether oxygens (including phenoxy) is 2. The fourth-order valence-corrected chi connectivity index (χ4v) is 2.73. The van der Waals surface area contributed by atoms with E-state index in [-0.39, 0.29) is 29.6 Å². The van der Waals surface area contributed by atoms with E-state index in [4.69, 9.17) is 9.47 Å². The number of amides is 2. The third kappa shape index (κ3) is 9.62. The highest BCUT2D eigenvalue weighted by atomic mass is 16.5.